The lowest BCUT2D eigenvalue weighted by Gasteiger charge is -2.06. The van der Waals surface area contributed by atoms with Gasteiger partial charge in [-0.05, 0) is 12.1 Å². The Morgan fingerprint density at radius 3 is 3.15 bits per heavy atom. The van der Waals surface area contributed by atoms with Crippen LogP contribution in [0.5, 0.6) is 0 Å². The number of anilines is 1. The summed E-state index contributed by atoms with van der Waals surface area (Å²) < 4.78 is 13.1. The molecule has 1 amide bonds. The van der Waals surface area contributed by atoms with Crippen LogP contribution in [0.15, 0.2) is 41.0 Å². The fourth-order valence-electron chi connectivity index (χ4n) is 1.83. The summed E-state index contributed by atoms with van der Waals surface area (Å²) in [6.07, 6.45) is 1.20. The van der Waals surface area contributed by atoms with Crippen molar-refractivity contribution in [2.24, 2.45) is 5.16 Å². The first-order chi connectivity index (χ1) is 9.72. The number of hydrogen-bond donors (Lipinski definition) is 1. The summed E-state index contributed by atoms with van der Waals surface area (Å²) in [7, 11) is 0. The lowest BCUT2D eigenvalue weighted by atomic mass is 10.0. The van der Waals surface area contributed by atoms with Crippen LogP contribution in [0.3, 0.4) is 0 Å². The summed E-state index contributed by atoms with van der Waals surface area (Å²) in [5.41, 5.74) is 1.18. The SMILES string of the molecule is O=C(Nc1nccs1)[C@H]1CC(c2cccc(F)c2)=NO1. The van der Waals surface area contributed by atoms with Gasteiger partial charge in [-0.15, -0.1) is 11.3 Å². The van der Waals surface area contributed by atoms with E-state index in [4.69, 9.17) is 4.84 Å². The molecule has 0 radical (unpaired) electrons. The highest BCUT2D eigenvalue weighted by Crippen LogP contribution is 2.19. The lowest BCUT2D eigenvalue weighted by molar-refractivity contribution is -0.125. The predicted molar refractivity (Wildman–Crippen MR) is 73.2 cm³/mol. The average molecular weight is 291 g/mol. The zero-order chi connectivity index (χ0) is 13.9. The van der Waals surface area contributed by atoms with Gasteiger partial charge in [0.2, 0.25) is 6.10 Å². The molecule has 0 aliphatic carbocycles. The van der Waals surface area contributed by atoms with Crippen LogP contribution >= 0.6 is 11.3 Å². The lowest BCUT2D eigenvalue weighted by Crippen LogP contribution is -2.27. The van der Waals surface area contributed by atoms with Gasteiger partial charge in [-0.1, -0.05) is 17.3 Å². The molecule has 20 heavy (non-hydrogen) atoms. The third-order valence-corrected chi connectivity index (χ3v) is 3.47. The standard InChI is InChI=1S/C13H10FN3O2S/c14-9-3-1-2-8(6-9)10-7-11(19-17-10)12(18)16-13-15-4-5-20-13/h1-6,11H,7H2,(H,15,16,18)/t11-/m1/s1. The summed E-state index contributed by atoms with van der Waals surface area (Å²) in [6, 6.07) is 6.04. The molecule has 2 aromatic rings. The highest BCUT2D eigenvalue weighted by Gasteiger charge is 2.29. The molecule has 1 N–H and O–H groups in total. The van der Waals surface area contributed by atoms with Gasteiger partial charge in [0.25, 0.3) is 5.91 Å². The van der Waals surface area contributed by atoms with E-state index >= 15 is 0 Å². The maximum atomic E-state index is 13.1. The van der Waals surface area contributed by atoms with Crippen molar-refractivity contribution >= 4 is 28.1 Å². The number of benzene rings is 1. The first-order valence-electron chi connectivity index (χ1n) is 5.91. The third-order valence-electron chi connectivity index (χ3n) is 2.78. The Morgan fingerprint density at radius 2 is 2.40 bits per heavy atom. The third kappa shape index (κ3) is 2.67. The first-order valence-corrected chi connectivity index (χ1v) is 6.79. The minimum atomic E-state index is -0.711. The van der Waals surface area contributed by atoms with Crippen LogP contribution in [0.4, 0.5) is 9.52 Å². The van der Waals surface area contributed by atoms with Crippen molar-refractivity contribution in [2.75, 3.05) is 5.32 Å². The van der Waals surface area contributed by atoms with Crippen molar-refractivity contribution in [3.8, 4) is 0 Å². The van der Waals surface area contributed by atoms with Crippen LogP contribution in [0.25, 0.3) is 0 Å². The molecule has 0 unspecified atom stereocenters. The fraction of sp³-hybridized carbons (Fsp3) is 0.154. The molecule has 1 aliphatic rings. The summed E-state index contributed by atoms with van der Waals surface area (Å²) in [4.78, 5) is 21.0. The number of nitrogens with zero attached hydrogens (tertiary/aromatic N) is 2. The van der Waals surface area contributed by atoms with E-state index in [0.717, 1.165) is 0 Å². The van der Waals surface area contributed by atoms with Crippen LogP contribution < -0.4 is 5.32 Å². The zero-order valence-electron chi connectivity index (χ0n) is 10.2. The number of nitrogens with one attached hydrogen (secondary N) is 1. The number of carbonyl (C=O) groups is 1. The largest absolute Gasteiger partial charge is 0.382 e. The number of thiazole rings is 1. The highest BCUT2D eigenvalue weighted by molar-refractivity contribution is 7.13. The van der Waals surface area contributed by atoms with E-state index in [0.29, 0.717) is 22.8 Å². The number of halogens is 1. The minimum absolute atomic E-state index is 0.306. The van der Waals surface area contributed by atoms with Gasteiger partial charge in [-0.3, -0.25) is 10.1 Å². The molecule has 0 spiro atoms. The summed E-state index contributed by atoms with van der Waals surface area (Å²) in [5.74, 6) is -0.656. The molecule has 3 rings (SSSR count). The molecule has 102 valence electrons. The molecule has 2 heterocycles. The number of rotatable bonds is 3. The number of carbonyl (C=O) groups excluding carboxylic acids is 1. The average Bonchev–Trinajstić information content (AvgIpc) is 3.09. The van der Waals surface area contributed by atoms with Gasteiger partial charge in [0, 0.05) is 23.6 Å². The van der Waals surface area contributed by atoms with Crippen LogP contribution in [0, 0.1) is 5.82 Å². The second kappa shape index (κ2) is 5.38. The van der Waals surface area contributed by atoms with Gasteiger partial charge in [0.1, 0.15) is 5.82 Å². The number of oxime groups is 1. The highest BCUT2D eigenvalue weighted by atomic mass is 32.1. The van der Waals surface area contributed by atoms with Crippen molar-refractivity contribution in [1.82, 2.24) is 4.98 Å². The zero-order valence-corrected chi connectivity index (χ0v) is 11.1. The van der Waals surface area contributed by atoms with E-state index in [1.165, 1.54) is 23.5 Å². The Labute approximate surface area is 118 Å². The van der Waals surface area contributed by atoms with Crippen molar-refractivity contribution in [2.45, 2.75) is 12.5 Å². The molecule has 1 aromatic heterocycles. The Morgan fingerprint density at radius 1 is 1.50 bits per heavy atom. The van der Waals surface area contributed by atoms with Crippen molar-refractivity contribution in [1.29, 1.82) is 0 Å². The molecular formula is C13H10FN3O2S. The Kier molecular flexibility index (Phi) is 3.42. The fourth-order valence-corrected chi connectivity index (χ4v) is 2.36. The van der Waals surface area contributed by atoms with Crippen LogP contribution in [-0.2, 0) is 9.63 Å². The number of hydrogen-bond acceptors (Lipinski definition) is 5. The second-order valence-electron chi connectivity index (χ2n) is 4.17. The molecule has 1 aromatic carbocycles. The van der Waals surface area contributed by atoms with E-state index in [1.54, 1.807) is 23.7 Å². The Hall–Kier alpha value is -2.28. The second-order valence-corrected chi connectivity index (χ2v) is 5.07. The molecule has 0 bridgehead atoms. The van der Waals surface area contributed by atoms with Gasteiger partial charge in [-0.25, -0.2) is 9.37 Å². The Bertz CT molecular complexity index is 657. The number of aromatic nitrogens is 1. The molecule has 0 saturated heterocycles. The summed E-state index contributed by atoms with van der Waals surface area (Å²) in [6.45, 7) is 0. The predicted octanol–water partition coefficient (Wildman–Crippen LogP) is 2.41. The van der Waals surface area contributed by atoms with Gasteiger partial charge in [0.15, 0.2) is 5.13 Å². The van der Waals surface area contributed by atoms with Gasteiger partial charge in [-0.2, -0.15) is 0 Å². The number of amides is 1. The maximum Gasteiger partial charge on any atom is 0.270 e. The molecule has 1 atom stereocenters. The van der Waals surface area contributed by atoms with Crippen molar-refractivity contribution < 1.29 is 14.0 Å². The first kappa shape index (κ1) is 12.7. The molecule has 5 nitrogen and oxygen atoms in total. The van der Waals surface area contributed by atoms with Gasteiger partial charge in [0.05, 0.1) is 5.71 Å². The van der Waals surface area contributed by atoms with Crippen molar-refractivity contribution in [3.63, 3.8) is 0 Å². The molecule has 0 saturated carbocycles. The Balaban J connectivity index is 1.65. The molecule has 1 aliphatic heterocycles. The van der Waals surface area contributed by atoms with E-state index < -0.39 is 6.10 Å². The monoisotopic (exact) mass is 291 g/mol. The summed E-state index contributed by atoms with van der Waals surface area (Å²) >= 11 is 1.32. The van der Waals surface area contributed by atoms with Crippen LogP contribution in [0.2, 0.25) is 0 Å². The van der Waals surface area contributed by atoms with Crippen molar-refractivity contribution in [3.05, 3.63) is 47.2 Å². The van der Waals surface area contributed by atoms with E-state index in [-0.39, 0.29) is 11.7 Å². The van der Waals surface area contributed by atoms with Crippen LogP contribution in [-0.4, -0.2) is 22.7 Å². The van der Waals surface area contributed by atoms with Gasteiger partial charge >= 0.3 is 0 Å². The maximum absolute atomic E-state index is 13.1. The van der Waals surface area contributed by atoms with E-state index in [2.05, 4.69) is 15.5 Å². The van der Waals surface area contributed by atoms with Crippen LogP contribution in [0.1, 0.15) is 12.0 Å². The quantitative estimate of drug-likeness (QED) is 0.944. The molecular weight excluding hydrogens is 281 g/mol. The van der Waals surface area contributed by atoms with Gasteiger partial charge < -0.3 is 4.84 Å². The smallest absolute Gasteiger partial charge is 0.270 e. The normalized spacial score (nSPS) is 17.4. The summed E-state index contributed by atoms with van der Waals surface area (Å²) in [5, 5.41) is 8.77. The molecule has 0 fully saturated rings. The van der Waals surface area contributed by atoms with E-state index in [9.17, 15) is 9.18 Å². The van der Waals surface area contributed by atoms with E-state index in [1.807, 2.05) is 0 Å². The minimum Gasteiger partial charge on any atom is -0.382 e. The molecule has 7 heteroatoms. The topological polar surface area (TPSA) is 63.6 Å².